The Kier molecular flexibility index (Phi) is 2.57. The topological polar surface area (TPSA) is 26.3 Å². The van der Waals surface area contributed by atoms with Gasteiger partial charge in [-0.05, 0) is 51.8 Å². The monoisotopic (exact) mass is 232 g/mol. The Hall–Kier alpha value is -1.31. The molecule has 2 heteroatoms. The summed E-state index contributed by atoms with van der Waals surface area (Å²) in [4.78, 5) is 11.6. The van der Waals surface area contributed by atoms with Crippen LogP contribution >= 0.6 is 0 Å². The van der Waals surface area contributed by atoms with Crippen LogP contribution in [0.5, 0.6) is 5.75 Å². The number of benzene rings is 1. The van der Waals surface area contributed by atoms with Crippen molar-refractivity contribution in [3.8, 4) is 5.75 Å². The molecule has 0 saturated heterocycles. The molecule has 0 amide bonds. The maximum Gasteiger partial charge on any atom is 0.160 e. The molecule has 0 aliphatic carbocycles. The van der Waals surface area contributed by atoms with Crippen molar-refractivity contribution in [1.82, 2.24) is 0 Å². The molecule has 0 N–H and O–H groups in total. The van der Waals surface area contributed by atoms with Crippen molar-refractivity contribution >= 4 is 5.78 Å². The van der Waals surface area contributed by atoms with E-state index in [1.807, 2.05) is 13.0 Å². The molecule has 0 bridgehead atoms. The van der Waals surface area contributed by atoms with Crippen molar-refractivity contribution < 1.29 is 9.53 Å². The molecule has 1 aromatic carbocycles. The summed E-state index contributed by atoms with van der Waals surface area (Å²) >= 11 is 0. The average molecular weight is 232 g/mol. The van der Waals surface area contributed by atoms with Gasteiger partial charge in [0.1, 0.15) is 11.4 Å². The van der Waals surface area contributed by atoms with Gasteiger partial charge in [-0.3, -0.25) is 4.79 Å². The van der Waals surface area contributed by atoms with Gasteiger partial charge in [0, 0.05) is 17.0 Å². The second kappa shape index (κ2) is 3.59. The fourth-order valence-corrected chi connectivity index (χ4v) is 2.61. The van der Waals surface area contributed by atoms with Gasteiger partial charge in [0.2, 0.25) is 0 Å². The van der Waals surface area contributed by atoms with Gasteiger partial charge in [-0.2, -0.15) is 0 Å². The van der Waals surface area contributed by atoms with Crippen molar-refractivity contribution in [2.24, 2.45) is 0 Å². The molecule has 1 heterocycles. The van der Waals surface area contributed by atoms with Gasteiger partial charge in [0.25, 0.3) is 0 Å². The number of fused-ring (bicyclic) bond motifs is 1. The lowest BCUT2D eigenvalue weighted by atomic mass is 9.84. The molecule has 0 fully saturated rings. The van der Waals surface area contributed by atoms with E-state index in [0.29, 0.717) is 5.92 Å². The number of ether oxygens (including phenoxy) is 1. The van der Waals surface area contributed by atoms with E-state index < -0.39 is 0 Å². The molecule has 0 spiro atoms. The number of hydrogen-bond acceptors (Lipinski definition) is 2. The minimum absolute atomic E-state index is 0.106. The Bertz CT molecular complexity index is 498. The first-order chi connectivity index (χ1) is 7.75. The van der Waals surface area contributed by atoms with E-state index >= 15 is 0 Å². The molecule has 0 aromatic heterocycles. The number of Topliss-reactive ketones (excluding diaryl/α,β-unsaturated/α-hetero) is 1. The second-order valence-electron chi connectivity index (χ2n) is 5.57. The third-order valence-electron chi connectivity index (χ3n) is 4.14. The minimum atomic E-state index is -0.186. The highest BCUT2D eigenvalue weighted by atomic mass is 16.5. The quantitative estimate of drug-likeness (QED) is 0.689. The van der Waals surface area contributed by atoms with Crippen LogP contribution in [0.1, 0.15) is 60.7 Å². The zero-order valence-electron chi connectivity index (χ0n) is 11.5. The number of rotatable bonds is 1. The lowest BCUT2D eigenvalue weighted by molar-refractivity contribution is 0.101. The first kappa shape index (κ1) is 12.2. The maximum absolute atomic E-state index is 11.6. The van der Waals surface area contributed by atoms with Crippen molar-refractivity contribution in [1.29, 1.82) is 0 Å². The number of ketones is 1. The maximum atomic E-state index is 11.6. The van der Waals surface area contributed by atoms with Crippen LogP contribution in [-0.2, 0) is 0 Å². The van der Waals surface area contributed by atoms with E-state index in [0.717, 1.165) is 16.9 Å². The van der Waals surface area contributed by atoms with E-state index in [4.69, 9.17) is 4.74 Å². The molecule has 17 heavy (non-hydrogen) atoms. The molecule has 1 aromatic rings. The summed E-state index contributed by atoms with van der Waals surface area (Å²) in [6.07, 6.45) is 0. The van der Waals surface area contributed by atoms with Crippen LogP contribution in [0.4, 0.5) is 0 Å². The Labute approximate surface area is 103 Å². The van der Waals surface area contributed by atoms with Crippen LogP contribution in [0.25, 0.3) is 0 Å². The van der Waals surface area contributed by atoms with Crippen molar-refractivity contribution in [3.63, 3.8) is 0 Å². The molecule has 1 aliphatic heterocycles. The van der Waals surface area contributed by atoms with Crippen LogP contribution in [0.3, 0.4) is 0 Å². The third kappa shape index (κ3) is 1.67. The Morgan fingerprint density at radius 2 is 1.88 bits per heavy atom. The van der Waals surface area contributed by atoms with Crippen molar-refractivity contribution in [3.05, 3.63) is 28.3 Å². The van der Waals surface area contributed by atoms with E-state index in [2.05, 4.69) is 27.7 Å². The Morgan fingerprint density at radius 1 is 1.29 bits per heavy atom. The zero-order chi connectivity index (χ0) is 13.0. The van der Waals surface area contributed by atoms with Crippen LogP contribution in [0.15, 0.2) is 6.07 Å². The summed E-state index contributed by atoms with van der Waals surface area (Å²) in [6.45, 7) is 12.1. The smallest absolute Gasteiger partial charge is 0.160 e. The van der Waals surface area contributed by atoms with Gasteiger partial charge in [-0.25, -0.2) is 0 Å². The lowest BCUT2D eigenvalue weighted by Gasteiger charge is -2.23. The number of carbonyl (C=O) groups excluding carboxylic acids is 1. The van der Waals surface area contributed by atoms with E-state index in [1.165, 1.54) is 11.1 Å². The van der Waals surface area contributed by atoms with Gasteiger partial charge in [-0.15, -0.1) is 0 Å². The number of hydrogen-bond donors (Lipinski definition) is 0. The summed E-state index contributed by atoms with van der Waals surface area (Å²) in [5, 5.41) is 0. The van der Waals surface area contributed by atoms with E-state index in [-0.39, 0.29) is 11.4 Å². The summed E-state index contributed by atoms with van der Waals surface area (Å²) in [5.41, 5.74) is 4.15. The Morgan fingerprint density at radius 3 is 2.41 bits per heavy atom. The van der Waals surface area contributed by atoms with Gasteiger partial charge in [-0.1, -0.05) is 6.92 Å². The van der Waals surface area contributed by atoms with Crippen LogP contribution in [0, 0.1) is 13.8 Å². The van der Waals surface area contributed by atoms with Gasteiger partial charge in [0.15, 0.2) is 5.78 Å². The molecule has 92 valence electrons. The molecular weight excluding hydrogens is 212 g/mol. The van der Waals surface area contributed by atoms with Crippen LogP contribution in [-0.4, -0.2) is 11.4 Å². The molecule has 1 atom stereocenters. The first-order valence-corrected chi connectivity index (χ1v) is 6.09. The normalized spacial score (nSPS) is 20.9. The second-order valence-corrected chi connectivity index (χ2v) is 5.57. The SMILES string of the molecule is CC(=O)c1cc2c(c(C)c1C)C(C)C(C)(C)O2. The van der Waals surface area contributed by atoms with Gasteiger partial charge in [0.05, 0.1) is 0 Å². The third-order valence-corrected chi connectivity index (χ3v) is 4.14. The fraction of sp³-hybridized carbons (Fsp3) is 0.533. The summed E-state index contributed by atoms with van der Waals surface area (Å²) in [7, 11) is 0. The highest BCUT2D eigenvalue weighted by molar-refractivity contribution is 5.96. The summed E-state index contributed by atoms with van der Waals surface area (Å²) in [6, 6.07) is 1.91. The largest absolute Gasteiger partial charge is 0.487 e. The van der Waals surface area contributed by atoms with Gasteiger partial charge >= 0.3 is 0 Å². The molecule has 1 aliphatic rings. The highest BCUT2D eigenvalue weighted by Gasteiger charge is 2.39. The van der Waals surface area contributed by atoms with Crippen molar-refractivity contribution in [2.75, 3.05) is 0 Å². The standard InChI is InChI=1S/C15H20O2/c1-8-9(2)14-10(3)15(5,6)17-13(14)7-12(8)11(4)16/h7,10H,1-6H3. The average Bonchev–Trinajstić information content (AvgIpc) is 2.43. The first-order valence-electron chi connectivity index (χ1n) is 6.09. The minimum Gasteiger partial charge on any atom is -0.487 e. The molecule has 2 rings (SSSR count). The highest BCUT2D eigenvalue weighted by Crippen LogP contribution is 2.47. The van der Waals surface area contributed by atoms with Crippen molar-refractivity contribution in [2.45, 2.75) is 53.1 Å². The predicted molar refractivity (Wildman–Crippen MR) is 69.0 cm³/mol. The lowest BCUT2D eigenvalue weighted by Crippen LogP contribution is -2.28. The predicted octanol–water partition coefficient (Wildman–Crippen LogP) is 3.78. The van der Waals surface area contributed by atoms with E-state index in [9.17, 15) is 4.79 Å². The van der Waals surface area contributed by atoms with E-state index in [1.54, 1.807) is 6.92 Å². The zero-order valence-corrected chi connectivity index (χ0v) is 11.5. The van der Waals surface area contributed by atoms with Crippen LogP contribution < -0.4 is 4.74 Å². The Balaban J connectivity index is 2.68. The molecular formula is C15H20O2. The van der Waals surface area contributed by atoms with Gasteiger partial charge < -0.3 is 4.74 Å². The molecule has 1 unspecified atom stereocenters. The fourth-order valence-electron chi connectivity index (χ4n) is 2.61. The summed E-state index contributed by atoms with van der Waals surface area (Å²) in [5.74, 6) is 1.35. The molecule has 0 radical (unpaired) electrons. The molecule has 0 saturated carbocycles. The summed E-state index contributed by atoms with van der Waals surface area (Å²) < 4.78 is 5.98. The van der Waals surface area contributed by atoms with Crippen LogP contribution in [0.2, 0.25) is 0 Å². The molecule has 2 nitrogen and oxygen atoms in total. The number of carbonyl (C=O) groups is 1.